The minimum absolute atomic E-state index is 0.0897. The Hall–Kier alpha value is -2.64. The fourth-order valence-electron chi connectivity index (χ4n) is 2.51. The van der Waals surface area contributed by atoms with Crippen LogP contribution in [0.2, 0.25) is 0 Å². The summed E-state index contributed by atoms with van der Waals surface area (Å²) in [6.45, 7) is 1.87. The molecule has 0 spiro atoms. The number of sulfonamides is 1. The van der Waals surface area contributed by atoms with Gasteiger partial charge in [-0.05, 0) is 54.8 Å². The monoisotopic (exact) mass is 358 g/mol. The lowest BCUT2D eigenvalue weighted by molar-refractivity contribution is 0.414. The Kier molecular flexibility index (Phi) is 4.61. The molecule has 3 rings (SSSR count). The Labute approximate surface area is 145 Å². The number of aromatic nitrogens is 1. The van der Waals surface area contributed by atoms with Crippen LogP contribution in [0.1, 0.15) is 11.1 Å². The largest absolute Gasteiger partial charge is 0.497 e. The number of pyridine rings is 1. The van der Waals surface area contributed by atoms with Crippen LogP contribution in [0.4, 0.5) is 0 Å². The van der Waals surface area contributed by atoms with Gasteiger partial charge in [-0.15, -0.1) is 0 Å². The van der Waals surface area contributed by atoms with Gasteiger partial charge in [0.1, 0.15) is 5.75 Å². The van der Waals surface area contributed by atoms with E-state index in [1.807, 2.05) is 25.1 Å². The molecule has 0 aliphatic heterocycles. The molecular weight excluding hydrogens is 340 g/mol. The summed E-state index contributed by atoms with van der Waals surface area (Å²) in [7, 11) is -2.21. The third-order valence-electron chi connectivity index (χ3n) is 3.90. The van der Waals surface area contributed by atoms with E-state index in [1.54, 1.807) is 18.2 Å². The summed E-state index contributed by atoms with van der Waals surface area (Å²) in [6.07, 6.45) is 0. The van der Waals surface area contributed by atoms with Gasteiger partial charge in [0.05, 0.1) is 12.0 Å². The van der Waals surface area contributed by atoms with Gasteiger partial charge in [-0.3, -0.25) is 4.79 Å². The van der Waals surface area contributed by atoms with Crippen molar-refractivity contribution in [1.82, 2.24) is 9.71 Å². The van der Waals surface area contributed by atoms with Gasteiger partial charge in [0.2, 0.25) is 10.0 Å². The van der Waals surface area contributed by atoms with Gasteiger partial charge in [0.25, 0.3) is 5.56 Å². The fourth-order valence-corrected chi connectivity index (χ4v) is 3.52. The van der Waals surface area contributed by atoms with E-state index in [1.165, 1.54) is 19.2 Å². The van der Waals surface area contributed by atoms with E-state index in [2.05, 4.69) is 9.71 Å². The van der Waals surface area contributed by atoms with E-state index in [4.69, 9.17) is 4.74 Å². The van der Waals surface area contributed by atoms with Crippen LogP contribution in [-0.2, 0) is 16.6 Å². The number of hydrogen-bond acceptors (Lipinski definition) is 4. The molecule has 1 aromatic heterocycles. The first-order chi connectivity index (χ1) is 11.9. The smallest absolute Gasteiger partial charge is 0.252 e. The zero-order chi connectivity index (χ0) is 18.0. The maximum Gasteiger partial charge on any atom is 0.252 e. The normalized spacial score (nSPS) is 11.6. The molecule has 0 fully saturated rings. The molecule has 0 aliphatic carbocycles. The molecule has 25 heavy (non-hydrogen) atoms. The maximum absolute atomic E-state index is 12.4. The highest BCUT2D eigenvalue weighted by Gasteiger charge is 2.15. The first-order valence-electron chi connectivity index (χ1n) is 7.65. The molecule has 0 unspecified atom stereocenters. The maximum atomic E-state index is 12.4. The molecule has 2 N–H and O–H groups in total. The Balaban J connectivity index is 1.85. The minimum atomic E-state index is -3.72. The van der Waals surface area contributed by atoms with Gasteiger partial charge in [0, 0.05) is 17.6 Å². The summed E-state index contributed by atoms with van der Waals surface area (Å²) >= 11 is 0. The number of hydrogen-bond donors (Lipinski definition) is 2. The number of benzene rings is 2. The summed E-state index contributed by atoms with van der Waals surface area (Å²) in [5, 5.41) is 0.859. The number of aryl methyl sites for hydroxylation is 1. The first kappa shape index (κ1) is 17.2. The van der Waals surface area contributed by atoms with Crippen molar-refractivity contribution in [2.24, 2.45) is 0 Å². The van der Waals surface area contributed by atoms with Crippen LogP contribution in [0.25, 0.3) is 10.9 Å². The molecule has 0 saturated carbocycles. The summed E-state index contributed by atoms with van der Waals surface area (Å²) in [6, 6.07) is 13.4. The summed E-state index contributed by atoms with van der Waals surface area (Å²) < 4.78 is 32.2. The van der Waals surface area contributed by atoms with Gasteiger partial charge in [-0.25, -0.2) is 13.1 Å². The van der Waals surface area contributed by atoms with Crippen LogP contribution in [-0.4, -0.2) is 20.5 Å². The highest BCUT2D eigenvalue weighted by molar-refractivity contribution is 7.89. The average molecular weight is 358 g/mol. The summed E-state index contributed by atoms with van der Waals surface area (Å²) in [5.41, 5.74) is 1.82. The zero-order valence-corrected chi connectivity index (χ0v) is 14.7. The fraction of sp³-hybridized carbons (Fsp3) is 0.167. The van der Waals surface area contributed by atoms with Crippen molar-refractivity contribution in [3.63, 3.8) is 0 Å². The molecule has 0 atom stereocenters. The van der Waals surface area contributed by atoms with Gasteiger partial charge >= 0.3 is 0 Å². The second-order valence-corrected chi connectivity index (χ2v) is 7.48. The van der Waals surface area contributed by atoms with Gasteiger partial charge in [0.15, 0.2) is 0 Å². The van der Waals surface area contributed by atoms with Crippen LogP contribution in [0.15, 0.2) is 58.2 Å². The molecular formula is C18H18N2O4S. The quantitative estimate of drug-likeness (QED) is 0.733. The number of H-pyrrole nitrogens is 1. The van der Waals surface area contributed by atoms with Crippen LogP contribution in [0, 0.1) is 6.92 Å². The predicted molar refractivity (Wildman–Crippen MR) is 96.3 cm³/mol. The zero-order valence-electron chi connectivity index (χ0n) is 13.9. The lowest BCUT2D eigenvalue weighted by atomic mass is 10.1. The molecule has 6 nitrogen and oxygen atoms in total. The number of ether oxygens (including phenoxy) is 1. The number of rotatable bonds is 5. The molecule has 0 aliphatic rings. The molecule has 7 heteroatoms. The second kappa shape index (κ2) is 6.70. The van der Waals surface area contributed by atoms with Crippen molar-refractivity contribution in [2.45, 2.75) is 18.4 Å². The van der Waals surface area contributed by atoms with Gasteiger partial charge in [-0.2, -0.15) is 0 Å². The van der Waals surface area contributed by atoms with E-state index in [9.17, 15) is 13.2 Å². The first-order valence-corrected chi connectivity index (χ1v) is 9.14. The highest BCUT2D eigenvalue weighted by Crippen LogP contribution is 2.16. The van der Waals surface area contributed by atoms with Crippen LogP contribution in [0.3, 0.4) is 0 Å². The van der Waals surface area contributed by atoms with Crippen molar-refractivity contribution in [3.05, 3.63) is 70.0 Å². The number of fused-ring (bicyclic) bond motifs is 1. The number of aromatic amines is 1. The minimum Gasteiger partial charge on any atom is -0.497 e. The van der Waals surface area contributed by atoms with Gasteiger partial charge < -0.3 is 9.72 Å². The summed E-state index contributed by atoms with van der Waals surface area (Å²) in [4.78, 5) is 15.0. The van der Waals surface area contributed by atoms with Gasteiger partial charge in [-0.1, -0.05) is 11.6 Å². The molecule has 0 saturated heterocycles. The Morgan fingerprint density at radius 1 is 1.08 bits per heavy atom. The number of methoxy groups -OCH3 is 1. The van der Waals surface area contributed by atoms with Crippen molar-refractivity contribution < 1.29 is 13.2 Å². The third kappa shape index (κ3) is 3.72. The van der Waals surface area contributed by atoms with E-state index < -0.39 is 10.0 Å². The van der Waals surface area contributed by atoms with Crippen molar-refractivity contribution in [3.8, 4) is 5.75 Å². The molecule has 1 heterocycles. The SMILES string of the molecule is COc1ccc(S(=O)(=O)NCc2cc3cc(C)ccc3[nH]c2=O)cc1. The highest BCUT2D eigenvalue weighted by atomic mass is 32.2. The molecule has 0 radical (unpaired) electrons. The van der Waals surface area contributed by atoms with Crippen LogP contribution < -0.4 is 15.0 Å². The van der Waals surface area contributed by atoms with Crippen molar-refractivity contribution in [1.29, 1.82) is 0 Å². The predicted octanol–water partition coefficient (Wildman–Crippen LogP) is 2.32. The van der Waals surface area contributed by atoms with E-state index in [-0.39, 0.29) is 17.0 Å². The average Bonchev–Trinajstić information content (AvgIpc) is 2.60. The van der Waals surface area contributed by atoms with Crippen LogP contribution in [0.5, 0.6) is 5.75 Å². The van der Waals surface area contributed by atoms with Crippen molar-refractivity contribution >= 4 is 20.9 Å². The van der Waals surface area contributed by atoms with E-state index in [0.29, 0.717) is 11.3 Å². The molecule has 0 amide bonds. The lowest BCUT2D eigenvalue weighted by Gasteiger charge is -2.08. The topological polar surface area (TPSA) is 88.3 Å². The molecule has 2 aromatic carbocycles. The molecule has 130 valence electrons. The Bertz CT molecular complexity index is 1070. The molecule has 3 aromatic rings. The lowest BCUT2D eigenvalue weighted by Crippen LogP contribution is -2.26. The standard InChI is InChI=1S/C18H18N2O4S/c1-12-3-8-17-13(9-12)10-14(18(21)20-17)11-19-25(22,23)16-6-4-15(24-2)5-7-16/h3-10,19H,11H2,1-2H3,(H,20,21). The third-order valence-corrected chi connectivity index (χ3v) is 5.32. The Morgan fingerprint density at radius 3 is 2.48 bits per heavy atom. The van der Waals surface area contributed by atoms with E-state index >= 15 is 0 Å². The van der Waals surface area contributed by atoms with E-state index in [0.717, 1.165) is 16.5 Å². The second-order valence-electron chi connectivity index (χ2n) is 5.71. The molecule has 0 bridgehead atoms. The van der Waals surface area contributed by atoms with Crippen LogP contribution >= 0.6 is 0 Å². The van der Waals surface area contributed by atoms with Crippen molar-refractivity contribution in [2.75, 3.05) is 7.11 Å². The summed E-state index contributed by atoms with van der Waals surface area (Å²) in [5.74, 6) is 0.570. The number of nitrogens with one attached hydrogen (secondary N) is 2. The Morgan fingerprint density at radius 2 is 1.80 bits per heavy atom.